The van der Waals surface area contributed by atoms with Crippen molar-refractivity contribution in [1.82, 2.24) is 10.2 Å². The number of aliphatic carboxylic acids is 1. The number of alkyl carbamates (subject to hydrolysis) is 1. The third-order valence-electron chi connectivity index (χ3n) is 7.17. The van der Waals surface area contributed by atoms with Gasteiger partial charge in [-0.1, -0.05) is 69.3 Å². The van der Waals surface area contributed by atoms with E-state index in [0.717, 1.165) is 35.1 Å². The summed E-state index contributed by atoms with van der Waals surface area (Å²) >= 11 is 0. The highest BCUT2D eigenvalue weighted by atomic mass is 16.5. The van der Waals surface area contributed by atoms with E-state index in [0.29, 0.717) is 13.0 Å². The van der Waals surface area contributed by atoms with Crippen molar-refractivity contribution < 1.29 is 24.2 Å². The number of benzene rings is 2. The van der Waals surface area contributed by atoms with Crippen molar-refractivity contribution >= 4 is 18.0 Å². The molecular weight excluding hydrogens is 444 g/mol. The number of carboxylic acids is 1. The van der Waals surface area contributed by atoms with Crippen LogP contribution in [0.5, 0.6) is 0 Å². The Balaban J connectivity index is 1.42. The van der Waals surface area contributed by atoms with Crippen molar-refractivity contribution in [3.8, 4) is 11.1 Å². The molecule has 0 bridgehead atoms. The van der Waals surface area contributed by atoms with Crippen molar-refractivity contribution in [2.24, 2.45) is 5.41 Å². The van der Waals surface area contributed by atoms with Crippen LogP contribution in [0, 0.1) is 5.41 Å². The average Bonchev–Trinajstić information content (AvgIpc) is 3.15. The molecule has 1 heterocycles. The monoisotopic (exact) mass is 478 g/mol. The molecule has 2 aromatic rings. The van der Waals surface area contributed by atoms with Crippen LogP contribution in [-0.4, -0.2) is 53.2 Å². The van der Waals surface area contributed by atoms with Crippen LogP contribution >= 0.6 is 0 Å². The largest absolute Gasteiger partial charge is 0.480 e. The third kappa shape index (κ3) is 5.34. The minimum Gasteiger partial charge on any atom is -0.480 e. The number of hydrogen-bond acceptors (Lipinski definition) is 4. The summed E-state index contributed by atoms with van der Waals surface area (Å²) in [7, 11) is 0. The average molecular weight is 479 g/mol. The van der Waals surface area contributed by atoms with Crippen molar-refractivity contribution in [2.75, 3.05) is 13.2 Å². The van der Waals surface area contributed by atoms with E-state index >= 15 is 0 Å². The van der Waals surface area contributed by atoms with E-state index in [2.05, 4.69) is 29.6 Å². The minimum atomic E-state index is -0.977. The van der Waals surface area contributed by atoms with Crippen LogP contribution in [0.2, 0.25) is 0 Å². The van der Waals surface area contributed by atoms with Gasteiger partial charge in [0.25, 0.3) is 0 Å². The summed E-state index contributed by atoms with van der Waals surface area (Å²) in [6.45, 7) is 6.45. The molecule has 2 unspecified atom stereocenters. The van der Waals surface area contributed by atoms with Crippen molar-refractivity contribution in [3.05, 3.63) is 59.7 Å². The molecule has 1 aliphatic heterocycles. The van der Waals surface area contributed by atoms with Gasteiger partial charge in [-0.3, -0.25) is 4.79 Å². The van der Waals surface area contributed by atoms with Gasteiger partial charge in [0.15, 0.2) is 0 Å². The van der Waals surface area contributed by atoms with E-state index in [-0.39, 0.29) is 24.9 Å². The molecule has 0 aromatic heterocycles. The SMILES string of the molecule is CC(C)(C)C(CC(=O)N1CCCCC1C(=O)O)NC(=O)OCC1c2ccccc2-c2ccccc21. The fraction of sp³-hybridized carbons (Fsp3) is 0.464. The van der Waals surface area contributed by atoms with Crippen LogP contribution in [0.1, 0.15) is 63.5 Å². The topological polar surface area (TPSA) is 95.9 Å². The van der Waals surface area contributed by atoms with Gasteiger partial charge in [0, 0.05) is 24.9 Å². The van der Waals surface area contributed by atoms with Crippen LogP contribution in [0.25, 0.3) is 11.1 Å². The molecule has 2 atom stereocenters. The molecule has 0 spiro atoms. The summed E-state index contributed by atoms with van der Waals surface area (Å²) in [4.78, 5) is 39.0. The Labute approximate surface area is 206 Å². The molecule has 1 saturated heterocycles. The molecular formula is C28H34N2O5. The van der Waals surface area contributed by atoms with E-state index in [9.17, 15) is 19.5 Å². The lowest BCUT2D eigenvalue weighted by molar-refractivity contribution is -0.152. The zero-order valence-electron chi connectivity index (χ0n) is 20.6. The Bertz CT molecular complexity index is 1060. The summed E-state index contributed by atoms with van der Waals surface area (Å²) in [6.07, 6.45) is 1.49. The maximum Gasteiger partial charge on any atom is 0.407 e. The van der Waals surface area contributed by atoms with E-state index < -0.39 is 29.6 Å². The van der Waals surface area contributed by atoms with Crippen LogP contribution in [0.15, 0.2) is 48.5 Å². The first-order valence-electron chi connectivity index (χ1n) is 12.3. The predicted molar refractivity (Wildman–Crippen MR) is 133 cm³/mol. The quantitative estimate of drug-likeness (QED) is 0.622. The van der Waals surface area contributed by atoms with Crippen LogP contribution in [0.3, 0.4) is 0 Å². The molecule has 2 N–H and O–H groups in total. The molecule has 0 saturated carbocycles. The van der Waals surface area contributed by atoms with Crippen molar-refractivity contribution in [2.45, 2.75) is 64.5 Å². The Kier molecular flexibility index (Phi) is 7.15. The van der Waals surface area contributed by atoms with Crippen molar-refractivity contribution in [3.63, 3.8) is 0 Å². The van der Waals surface area contributed by atoms with Gasteiger partial charge in [-0.2, -0.15) is 0 Å². The Morgan fingerprint density at radius 1 is 1.03 bits per heavy atom. The Morgan fingerprint density at radius 3 is 2.20 bits per heavy atom. The highest BCUT2D eigenvalue weighted by molar-refractivity contribution is 5.84. The molecule has 4 rings (SSSR count). The second-order valence-electron chi connectivity index (χ2n) is 10.5. The zero-order valence-corrected chi connectivity index (χ0v) is 20.6. The number of likely N-dealkylation sites (tertiary alicyclic amines) is 1. The summed E-state index contributed by atoms with van der Waals surface area (Å²) < 4.78 is 5.68. The number of amides is 2. The first-order valence-corrected chi connectivity index (χ1v) is 12.3. The van der Waals surface area contributed by atoms with Gasteiger partial charge in [-0.25, -0.2) is 9.59 Å². The van der Waals surface area contributed by atoms with Gasteiger partial charge in [-0.05, 0) is 46.9 Å². The first-order chi connectivity index (χ1) is 16.7. The van der Waals surface area contributed by atoms with E-state index in [1.807, 2.05) is 45.0 Å². The number of rotatable bonds is 6. The van der Waals surface area contributed by atoms with Gasteiger partial charge < -0.3 is 20.1 Å². The van der Waals surface area contributed by atoms with E-state index in [1.54, 1.807) is 0 Å². The number of carbonyl (C=O) groups is 3. The molecule has 186 valence electrons. The normalized spacial score (nSPS) is 18.4. The van der Waals surface area contributed by atoms with Crippen LogP contribution in [0.4, 0.5) is 4.79 Å². The Morgan fingerprint density at radius 2 is 1.63 bits per heavy atom. The lowest BCUT2D eigenvalue weighted by atomic mass is 9.84. The molecule has 2 aromatic carbocycles. The van der Waals surface area contributed by atoms with Crippen LogP contribution < -0.4 is 5.32 Å². The van der Waals surface area contributed by atoms with E-state index in [4.69, 9.17) is 4.74 Å². The summed E-state index contributed by atoms with van der Waals surface area (Å²) in [6, 6.07) is 15.0. The number of carbonyl (C=O) groups excluding carboxylic acids is 2. The maximum absolute atomic E-state index is 13.1. The van der Waals surface area contributed by atoms with Gasteiger partial charge in [0.2, 0.25) is 5.91 Å². The lowest BCUT2D eigenvalue weighted by Gasteiger charge is -2.36. The van der Waals surface area contributed by atoms with Gasteiger partial charge in [0.1, 0.15) is 12.6 Å². The second-order valence-corrected chi connectivity index (χ2v) is 10.5. The molecule has 1 fully saturated rings. The van der Waals surface area contributed by atoms with Gasteiger partial charge in [-0.15, -0.1) is 0 Å². The predicted octanol–water partition coefficient (Wildman–Crippen LogP) is 4.80. The molecule has 2 amide bonds. The standard InChI is InChI=1S/C28H34N2O5/c1-28(2,3)24(16-25(31)30-15-9-8-14-23(30)26(32)33)29-27(34)35-17-22-20-12-6-4-10-18(20)19-11-5-7-13-21(19)22/h4-7,10-13,22-24H,8-9,14-17H2,1-3H3,(H,29,34)(H,32,33). The minimum absolute atomic E-state index is 0.0253. The summed E-state index contributed by atoms with van der Waals surface area (Å²) in [5.41, 5.74) is 4.16. The first kappa shape index (κ1) is 24.8. The number of nitrogens with zero attached hydrogens (tertiary/aromatic N) is 1. The maximum atomic E-state index is 13.1. The lowest BCUT2D eigenvalue weighted by Crippen LogP contribution is -2.52. The highest BCUT2D eigenvalue weighted by Crippen LogP contribution is 2.44. The summed E-state index contributed by atoms with van der Waals surface area (Å²) in [5, 5.41) is 12.4. The molecule has 1 aliphatic carbocycles. The molecule has 35 heavy (non-hydrogen) atoms. The Hall–Kier alpha value is -3.35. The number of hydrogen-bond donors (Lipinski definition) is 2. The fourth-order valence-electron chi connectivity index (χ4n) is 5.13. The number of nitrogens with one attached hydrogen (secondary N) is 1. The molecule has 0 radical (unpaired) electrons. The smallest absolute Gasteiger partial charge is 0.407 e. The third-order valence-corrected chi connectivity index (χ3v) is 7.17. The highest BCUT2D eigenvalue weighted by Gasteiger charge is 2.36. The molecule has 7 heteroatoms. The number of fused-ring (bicyclic) bond motifs is 3. The molecule has 7 nitrogen and oxygen atoms in total. The van der Waals surface area contributed by atoms with Gasteiger partial charge in [0.05, 0.1) is 0 Å². The van der Waals surface area contributed by atoms with Crippen LogP contribution in [-0.2, 0) is 14.3 Å². The fourth-order valence-corrected chi connectivity index (χ4v) is 5.13. The number of carboxylic acid groups (broad SMARTS) is 1. The zero-order chi connectivity index (χ0) is 25.2. The second kappa shape index (κ2) is 10.1. The molecule has 2 aliphatic rings. The van der Waals surface area contributed by atoms with Gasteiger partial charge >= 0.3 is 12.1 Å². The number of ether oxygens (including phenoxy) is 1. The van der Waals surface area contributed by atoms with E-state index in [1.165, 1.54) is 4.90 Å². The van der Waals surface area contributed by atoms with Crippen molar-refractivity contribution in [1.29, 1.82) is 0 Å². The summed E-state index contributed by atoms with van der Waals surface area (Å²) in [5.74, 6) is -1.28. The number of piperidine rings is 1.